The first kappa shape index (κ1) is 22.7. The lowest BCUT2D eigenvalue weighted by atomic mass is 9.86. The summed E-state index contributed by atoms with van der Waals surface area (Å²) < 4.78 is 16.6. The predicted octanol–water partition coefficient (Wildman–Crippen LogP) is 3.98. The first-order valence-corrected chi connectivity index (χ1v) is 10.9. The number of carbonyl (C=O) groups is 2. The van der Waals surface area contributed by atoms with Crippen LogP contribution in [-0.2, 0) is 26.2 Å². The average molecular weight is 446 g/mol. The second-order valence-electron chi connectivity index (χ2n) is 7.95. The largest absolute Gasteiger partial charge is 0.465 e. The summed E-state index contributed by atoms with van der Waals surface area (Å²) >= 11 is 0. The number of rotatable bonds is 7. The summed E-state index contributed by atoms with van der Waals surface area (Å²) in [4.78, 5) is 25.7. The van der Waals surface area contributed by atoms with Gasteiger partial charge in [0.25, 0.3) is 5.91 Å². The van der Waals surface area contributed by atoms with Crippen molar-refractivity contribution in [2.75, 3.05) is 34.0 Å². The minimum Gasteiger partial charge on any atom is -0.465 e. The molecule has 3 aromatic rings. The molecule has 1 heterocycles. The fourth-order valence-electron chi connectivity index (χ4n) is 4.41. The Balaban J connectivity index is 1.65. The Morgan fingerprint density at radius 2 is 1.55 bits per heavy atom. The lowest BCUT2D eigenvalue weighted by Crippen LogP contribution is -2.48. The van der Waals surface area contributed by atoms with Gasteiger partial charge < -0.3 is 19.5 Å². The molecule has 0 aromatic heterocycles. The van der Waals surface area contributed by atoms with Gasteiger partial charge in [-0.15, -0.1) is 0 Å². The van der Waals surface area contributed by atoms with Crippen molar-refractivity contribution < 1.29 is 23.8 Å². The summed E-state index contributed by atoms with van der Waals surface area (Å²) in [5, 5.41) is 3.05. The quantitative estimate of drug-likeness (QED) is 0.557. The van der Waals surface area contributed by atoms with Gasteiger partial charge in [0.1, 0.15) is 5.60 Å². The lowest BCUT2D eigenvalue weighted by molar-refractivity contribution is -0.0997. The molecule has 1 N–H and O–H groups in total. The monoisotopic (exact) mass is 445 g/mol. The number of esters is 1. The number of carbonyl (C=O) groups excluding carboxylic acids is 2. The van der Waals surface area contributed by atoms with E-state index in [0.29, 0.717) is 35.5 Å². The fraction of sp³-hybridized carbons (Fsp3) is 0.259. The zero-order valence-electron chi connectivity index (χ0n) is 18.8. The molecular weight excluding hydrogens is 418 g/mol. The average Bonchev–Trinajstić information content (AvgIpc) is 2.87. The predicted molar refractivity (Wildman–Crippen MR) is 125 cm³/mol. The normalized spacial score (nSPS) is 17.2. The van der Waals surface area contributed by atoms with Crippen LogP contribution < -0.4 is 5.32 Å². The molecule has 3 aromatic carbocycles. The Hall–Kier alpha value is -3.48. The van der Waals surface area contributed by atoms with Crippen molar-refractivity contribution in [3.8, 4) is 11.1 Å². The van der Waals surface area contributed by atoms with E-state index in [9.17, 15) is 9.59 Å². The molecule has 6 heteroatoms. The second-order valence-corrected chi connectivity index (χ2v) is 7.95. The highest BCUT2D eigenvalue weighted by molar-refractivity contribution is 6.05. The summed E-state index contributed by atoms with van der Waals surface area (Å²) in [6.45, 7) is 1.13. The second kappa shape index (κ2) is 9.98. The van der Waals surface area contributed by atoms with E-state index in [-0.39, 0.29) is 12.5 Å². The molecule has 1 unspecified atom stereocenters. The molecule has 170 valence electrons. The van der Waals surface area contributed by atoms with Crippen LogP contribution in [0.5, 0.6) is 0 Å². The van der Waals surface area contributed by atoms with E-state index in [4.69, 9.17) is 14.2 Å². The number of amides is 1. The van der Waals surface area contributed by atoms with Gasteiger partial charge in [0.2, 0.25) is 0 Å². The molecule has 0 radical (unpaired) electrons. The number of methoxy groups -OCH3 is 2. The lowest BCUT2D eigenvalue weighted by Gasteiger charge is -2.38. The molecule has 33 heavy (non-hydrogen) atoms. The highest BCUT2D eigenvalue weighted by atomic mass is 16.5. The molecule has 0 aliphatic carbocycles. The molecule has 0 bridgehead atoms. The third-order valence-electron chi connectivity index (χ3n) is 5.96. The Bertz CT molecular complexity index is 1160. The number of ether oxygens (including phenoxy) is 3. The van der Waals surface area contributed by atoms with Gasteiger partial charge >= 0.3 is 5.97 Å². The number of hydrogen-bond donors (Lipinski definition) is 1. The van der Waals surface area contributed by atoms with Crippen LogP contribution in [0.1, 0.15) is 31.8 Å². The summed E-state index contributed by atoms with van der Waals surface area (Å²) in [5.74, 6) is -0.709. The zero-order chi connectivity index (χ0) is 23.3. The molecule has 0 saturated carbocycles. The molecular formula is C27H27NO5. The van der Waals surface area contributed by atoms with E-state index < -0.39 is 11.6 Å². The summed E-state index contributed by atoms with van der Waals surface area (Å²) in [6, 6.07) is 22.4. The van der Waals surface area contributed by atoms with Crippen LogP contribution in [0, 0.1) is 0 Å². The van der Waals surface area contributed by atoms with Gasteiger partial charge in [-0.1, -0.05) is 60.7 Å². The van der Waals surface area contributed by atoms with Crippen molar-refractivity contribution in [2.45, 2.75) is 12.0 Å². The minimum absolute atomic E-state index is 0.254. The molecule has 1 atom stereocenters. The Kier molecular flexibility index (Phi) is 6.87. The van der Waals surface area contributed by atoms with Crippen LogP contribution in [0.15, 0.2) is 72.8 Å². The van der Waals surface area contributed by atoms with E-state index >= 15 is 0 Å². The molecule has 0 fully saturated rings. The van der Waals surface area contributed by atoms with Crippen molar-refractivity contribution in [3.05, 3.63) is 95.1 Å². The van der Waals surface area contributed by atoms with Crippen LogP contribution in [0.4, 0.5) is 0 Å². The van der Waals surface area contributed by atoms with Gasteiger partial charge in [-0.3, -0.25) is 4.79 Å². The van der Waals surface area contributed by atoms with Crippen molar-refractivity contribution in [3.63, 3.8) is 0 Å². The highest BCUT2D eigenvalue weighted by Crippen LogP contribution is 2.34. The van der Waals surface area contributed by atoms with Crippen LogP contribution in [-0.4, -0.2) is 45.9 Å². The third kappa shape index (κ3) is 4.53. The van der Waals surface area contributed by atoms with Gasteiger partial charge in [-0.2, -0.15) is 0 Å². The summed E-state index contributed by atoms with van der Waals surface area (Å²) in [6.07, 6.45) is 0.822. The van der Waals surface area contributed by atoms with Crippen LogP contribution in [0.25, 0.3) is 11.1 Å². The topological polar surface area (TPSA) is 73.9 Å². The maximum atomic E-state index is 13.4. The van der Waals surface area contributed by atoms with E-state index in [1.54, 1.807) is 31.4 Å². The molecule has 4 rings (SSSR count). The highest BCUT2D eigenvalue weighted by Gasteiger charge is 2.38. The van der Waals surface area contributed by atoms with Crippen molar-refractivity contribution >= 4 is 11.9 Å². The third-order valence-corrected chi connectivity index (χ3v) is 5.96. The standard InChI is InChI=1S/C27H27NO5/c1-31-18-27(24-14-8-3-9-19(24)15-16-33-27)17-28-25(29)22-12-6-4-10-20(22)21-11-5-7-13-23(21)26(30)32-2/h3-14H,15-18H2,1-2H3,(H,28,29). The van der Waals surface area contributed by atoms with E-state index in [2.05, 4.69) is 11.4 Å². The molecule has 1 amide bonds. The smallest absolute Gasteiger partial charge is 0.338 e. The van der Waals surface area contributed by atoms with Gasteiger partial charge in [0.05, 0.1) is 32.4 Å². The maximum Gasteiger partial charge on any atom is 0.338 e. The Morgan fingerprint density at radius 1 is 0.909 bits per heavy atom. The van der Waals surface area contributed by atoms with Gasteiger partial charge in [-0.25, -0.2) is 4.79 Å². The van der Waals surface area contributed by atoms with Gasteiger partial charge in [0, 0.05) is 12.7 Å². The van der Waals surface area contributed by atoms with Gasteiger partial charge in [0.15, 0.2) is 0 Å². The summed E-state index contributed by atoms with van der Waals surface area (Å²) in [7, 11) is 2.97. The molecule has 6 nitrogen and oxygen atoms in total. The number of hydrogen-bond acceptors (Lipinski definition) is 5. The SMILES string of the molecule is COCC1(CNC(=O)c2ccccc2-c2ccccc2C(=O)OC)OCCc2ccccc21. The van der Waals surface area contributed by atoms with Crippen molar-refractivity contribution in [2.24, 2.45) is 0 Å². The van der Waals surface area contributed by atoms with Crippen LogP contribution in [0.3, 0.4) is 0 Å². The fourth-order valence-corrected chi connectivity index (χ4v) is 4.41. The first-order chi connectivity index (χ1) is 16.1. The molecule has 0 saturated heterocycles. The number of benzene rings is 3. The maximum absolute atomic E-state index is 13.4. The molecule has 1 aliphatic rings. The molecule has 0 spiro atoms. The first-order valence-electron chi connectivity index (χ1n) is 10.9. The Morgan fingerprint density at radius 3 is 2.27 bits per heavy atom. The zero-order valence-corrected chi connectivity index (χ0v) is 18.8. The molecule has 1 aliphatic heterocycles. The number of fused-ring (bicyclic) bond motifs is 1. The van der Waals surface area contributed by atoms with E-state index in [0.717, 1.165) is 12.0 Å². The number of nitrogens with one attached hydrogen (secondary N) is 1. The van der Waals surface area contributed by atoms with Crippen molar-refractivity contribution in [1.29, 1.82) is 0 Å². The van der Waals surface area contributed by atoms with E-state index in [1.165, 1.54) is 12.7 Å². The minimum atomic E-state index is -0.766. The van der Waals surface area contributed by atoms with Crippen LogP contribution in [0.2, 0.25) is 0 Å². The van der Waals surface area contributed by atoms with Gasteiger partial charge in [-0.05, 0) is 40.8 Å². The van der Waals surface area contributed by atoms with E-state index in [1.807, 2.05) is 42.5 Å². The van der Waals surface area contributed by atoms with Crippen LogP contribution >= 0.6 is 0 Å². The Labute approximate surface area is 193 Å². The van der Waals surface area contributed by atoms with Crippen molar-refractivity contribution in [1.82, 2.24) is 5.32 Å². The summed E-state index contributed by atoms with van der Waals surface area (Å²) in [5.41, 5.74) is 3.62.